The van der Waals surface area contributed by atoms with Crippen molar-refractivity contribution in [3.8, 4) is 0 Å². The smallest absolute Gasteiger partial charge is 0.246 e. The van der Waals surface area contributed by atoms with Crippen LogP contribution in [0, 0.1) is 17.8 Å². The third-order valence-corrected chi connectivity index (χ3v) is 5.86. The quantitative estimate of drug-likeness (QED) is 0.819. The van der Waals surface area contributed by atoms with Crippen LogP contribution in [0.25, 0.3) is 0 Å². The van der Waals surface area contributed by atoms with Crippen LogP contribution in [0.5, 0.6) is 0 Å². The molecule has 3 aliphatic heterocycles. The van der Waals surface area contributed by atoms with E-state index >= 15 is 0 Å². The van der Waals surface area contributed by atoms with Crippen LogP contribution in [-0.4, -0.2) is 61.9 Å². The number of amides is 1. The van der Waals surface area contributed by atoms with Gasteiger partial charge in [-0.2, -0.15) is 0 Å². The highest BCUT2D eigenvalue weighted by Gasteiger charge is 2.42. The van der Waals surface area contributed by atoms with Crippen LogP contribution in [-0.2, 0) is 20.8 Å². The Morgan fingerprint density at radius 1 is 1.16 bits per heavy atom. The minimum atomic E-state index is 0.134. The molecule has 0 saturated carbocycles. The first kappa shape index (κ1) is 17.0. The van der Waals surface area contributed by atoms with E-state index in [1.807, 2.05) is 0 Å². The number of benzene rings is 1. The topological polar surface area (TPSA) is 42.0 Å². The van der Waals surface area contributed by atoms with Crippen LogP contribution in [0.1, 0.15) is 18.4 Å². The molecule has 0 spiro atoms. The molecule has 0 N–H and O–H groups in total. The van der Waals surface area contributed by atoms with E-state index < -0.39 is 0 Å². The molecular weight excluding hydrogens is 316 g/mol. The first-order valence-electron chi connectivity index (χ1n) is 9.57. The summed E-state index contributed by atoms with van der Waals surface area (Å²) in [6, 6.07) is 10.7. The van der Waals surface area contributed by atoms with Crippen LogP contribution < -0.4 is 0 Å². The van der Waals surface area contributed by atoms with Gasteiger partial charge in [-0.1, -0.05) is 30.3 Å². The number of nitrogens with zero attached hydrogens (tertiary/aromatic N) is 2. The van der Waals surface area contributed by atoms with Crippen LogP contribution in [0.2, 0.25) is 0 Å². The lowest BCUT2D eigenvalue weighted by Crippen LogP contribution is -2.38. The van der Waals surface area contributed by atoms with E-state index in [2.05, 4.69) is 35.2 Å². The number of ether oxygens (including phenoxy) is 1. The third kappa shape index (κ3) is 4.05. The molecule has 25 heavy (non-hydrogen) atoms. The minimum absolute atomic E-state index is 0.134. The summed E-state index contributed by atoms with van der Waals surface area (Å²) in [6.45, 7) is 6.26. The van der Waals surface area contributed by atoms with Gasteiger partial charge in [0, 0.05) is 26.1 Å². The zero-order chi connectivity index (χ0) is 17.1. The fraction of sp³-hybridized carbons (Fsp3) is 0.650. The van der Waals surface area contributed by atoms with Crippen LogP contribution >= 0.6 is 0 Å². The van der Waals surface area contributed by atoms with Crippen molar-refractivity contribution in [2.45, 2.75) is 19.3 Å². The highest BCUT2D eigenvalue weighted by Crippen LogP contribution is 2.36. The van der Waals surface area contributed by atoms with E-state index in [9.17, 15) is 4.79 Å². The van der Waals surface area contributed by atoms with Crippen LogP contribution in [0.3, 0.4) is 0 Å². The molecule has 3 fully saturated rings. The maximum atomic E-state index is 12.4. The molecule has 5 heteroatoms. The normalized spacial score (nSPS) is 29.8. The van der Waals surface area contributed by atoms with E-state index in [0.29, 0.717) is 37.4 Å². The third-order valence-electron chi connectivity index (χ3n) is 5.86. The van der Waals surface area contributed by atoms with Crippen molar-refractivity contribution in [2.75, 3.05) is 46.0 Å². The van der Waals surface area contributed by atoms with Crippen molar-refractivity contribution in [1.29, 1.82) is 0 Å². The van der Waals surface area contributed by atoms with E-state index in [4.69, 9.17) is 9.57 Å². The molecule has 0 unspecified atom stereocenters. The molecule has 136 valence electrons. The monoisotopic (exact) mass is 344 g/mol. The zero-order valence-corrected chi connectivity index (χ0v) is 14.8. The molecular formula is C20H28N2O3. The van der Waals surface area contributed by atoms with Gasteiger partial charge in [-0.15, -0.1) is 0 Å². The Bertz CT molecular complexity index is 574. The Hall–Kier alpha value is -1.43. The predicted molar refractivity (Wildman–Crippen MR) is 94.8 cm³/mol. The Morgan fingerprint density at radius 3 is 2.84 bits per heavy atom. The lowest BCUT2D eigenvalue weighted by Gasteiger charge is -2.33. The number of carbonyl (C=O) groups is 1. The Balaban J connectivity index is 1.31. The van der Waals surface area contributed by atoms with Gasteiger partial charge in [0.2, 0.25) is 5.91 Å². The van der Waals surface area contributed by atoms with Gasteiger partial charge >= 0.3 is 0 Å². The highest BCUT2D eigenvalue weighted by molar-refractivity contribution is 5.75. The minimum Gasteiger partial charge on any atom is -0.381 e. The molecule has 1 aromatic carbocycles. The van der Waals surface area contributed by atoms with Crippen LogP contribution in [0.15, 0.2) is 30.3 Å². The van der Waals surface area contributed by atoms with Crippen molar-refractivity contribution in [2.24, 2.45) is 17.8 Å². The van der Waals surface area contributed by atoms with E-state index in [1.165, 1.54) is 5.56 Å². The van der Waals surface area contributed by atoms with Crippen LogP contribution in [0.4, 0.5) is 0 Å². The number of hydrogen-bond donors (Lipinski definition) is 0. The predicted octanol–water partition coefficient (Wildman–Crippen LogP) is 1.98. The summed E-state index contributed by atoms with van der Waals surface area (Å²) in [7, 11) is 0. The average molecular weight is 344 g/mol. The average Bonchev–Trinajstić information content (AvgIpc) is 3.31. The molecule has 4 rings (SSSR count). The summed E-state index contributed by atoms with van der Waals surface area (Å²) < 4.78 is 5.83. The Morgan fingerprint density at radius 2 is 2.04 bits per heavy atom. The fourth-order valence-electron chi connectivity index (χ4n) is 4.49. The van der Waals surface area contributed by atoms with Gasteiger partial charge < -0.3 is 9.64 Å². The Kier molecular flexibility index (Phi) is 5.34. The molecule has 3 aliphatic rings. The van der Waals surface area contributed by atoms with E-state index in [0.717, 1.165) is 45.6 Å². The summed E-state index contributed by atoms with van der Waals surface area (Å²) >= 11 is 0. The number of hydrogen-bond acceptors (Lipinski definition) is 4. The van der Waals surface area contributed by atoms with Gasteiger partial charge in [0.05, 0.1) is 26.4 Å². The van der Waals surface area contributed by atoms with Crippen molar-refractivity contribution >= 4 is 5.91 Å². The zero-order valence-electron chi connectivity index (χ0n) is 14.8. The lowest BCUT2D eigenvalue weighted by molar-refractivity contribution is -0.171. The number of fused-ring (bicyclic) bond motifs is 1. The second-order valence-electron chi connectivity index (χ2n) is 7.60. The maximum absolute atomic E-state index is 12.4. The summed E-state index contributed by atoms with van der Waals surface area (Å²) in [5.41, 5.74) is 1.39. The molecule has 1 amide bonds. The summed E-state index contributed by atoms with van der Waals surface area (Å²) in [5, 5.41) is 1.56. The molecule has 3 saturated heterocycles. The first-order valence-corrected chi connectivity index (χ1v) is 9.57. The number of hydroxylamine groups is 2. The summed E-state index contributed by atoms with van der Waals surface area (Å²) in [4.78, 5) is 20.4. The largest absolute Gasteiger partial charge is 0.381 e. The second-order valence-corrected chi connectivity index (χ2v) is 7.60. The van der Waals surface area contributed by atoms with E-state index in [1.54, 1.807) is 5.06 Å². The van der Waals surface area contributed by atoms with Gasteiger partial charge in [0.15, 0.2) is 0 Å². The highest BCUT2D eigenvalue weighted by atomic mass is 16.7. The van der Waals surface area contributed by atoms with Crippen molar-refractivity contribution in [3.05, 3.63) is 35.9 Å². The molecule has 0 bridgehead atoms. The molecule has 3 atom stereocenters. The SMILES string of the molecule is O=C(C[C@@H]1COC[C@H]2CN(CCc3ccccc3)C[C@@H]12)N1CCCO1. The number of likely N-dealkylation sites (tertiary alicyclic amines) is 1. The van der Waals surface area contributed by atoms with E-state index in [-0.39, 0.29) is 5.91 Å². The summed E-state index contributed by atoms with van der Waals surface area (Å²) in [6.07, 6.45) is 2.60. The van der Waals surface area contributed by atoms with Gasteiger partial charge in [-0.25, -0.2) is 5.06 Å². The van der Waals surface area contributed by atoms with Gasteiger partial charge in [-0.05, 0) is 36.2 Å². The van der Waals surface area contributed by atoms with Gasteiger partial charge in [-0.3, -0.25) is 9.63 Å². The summed E-state index contributed by atoms with van der Waals surface area (Å²) in [5.74, 6) is 1.62. The van der Waals surface area contributed by atoms with Crippen molar-refractivity contribution in [1.82, 2.24) is 9.96 Å². The molecule has 0 aliphatic carbocycles. The molecule has 0 aromatic heterocycles. The molecule has 5 nitrogen and oxygen atoms in total. The van der Waals surface area contributed by atoms with Gasteiger partial charge in [0.25, 0.3) is 0 Å². The van der Waals surface area contributed by atoms with Crippen molar-refractivity contribution in [3.63, 3.8) is 0 Å². The maximum Gasteiger partial charge on any atom is 0.246 e. The molecule has 0 radical (unpaired) electrons. The number of rotatable bonds is 5. The standard InChI is InChI=1S/C20H28N2O3/c23-20(22-8-4-10-25-22)11-17-14-24-15-18-12-21(13-19(17)18)9-7-16-5-2-1-3-6-16/h1-3,5-6,17-19H,4,7-15H2/t17-,18-,19+/m1/s1. The van der Waals surface area contributed by atoms with Crippen molar-refractivity contribution < 1.29 is 14.4 Å². The van der Waals surface area contributed by atoms with Gasteiger partial charge in [0.1, 0.15) is 0 Å². The molecule has 1 aromatic rings. The second kappa shape index (κ2) is 7.85. The number of carbonyl (C=O) groups excluding carboxylic acids is 1. The lowest BCUT2D eigenvalue weighted by atomic mass is 9.81. The fourth-order valence-corrected chi connectivity index (χ4v) is 4.49. The first-order chi connectivity index (χ1) is 12.3. The Labute approximate surface area is 149 Å². The molecule has 3 heterocycles.